The van der Waals surface area contributed by atoms with Gasteiger partial charge >= 0.3 is 0 Å². The molecule has 0 aromatic heterocycles. The van der Waals surface area contributed by atoms with Crippen molar-refractivity contribution >= 4 is 45.0 Å². The number of anilines is 2. The molecule has 1 atom stereocenters. The Kier molecular flexibility index (Phi) is 5.06. The second-order valence-corrected chi connectivity index (χ2v) is 7.45. The van der Waals surface area contributed by atoms with Crippen LogP contribution in [0.2, 0.25) is 0 Å². The van der Waals surface area contributed by atoms with Gasteiger partial charge in [-0.1, -0.05) is 12.1 Å². The Morgan fingerprint density at radius 1 is 1.17 bits per heavy atom. The van der Waals surface area contributed by atoms with Crippen LogP contribution in [0.3, 0.4) is 0 Å². The minimum atomic E-state index is -0.510. The molecule has 29 heavy (non-hydrogen) atoms. The van der Waals surface area contributed by atoms with Crippen molar-refractivity contribution in [2.45, 2.75) is 12.3 Å². The number of hydrogen-bond donors (Lipinski definition) is 3. The number of ether oxygens (including phenoxy) is 1. The Balaban J connectivity index is 1.61. The van der Waals surface area contributed by atoms with Crippen LogP contribution in [0.25, 0.3) is 0 Å². The lowest BCUT2D eigenvalue weighted by atomic mass is 9.86. The lowest BCUT2D eigenvalue weighted by molar-refractivity contribution is -0.121. The summed E-state index contributed by atoms with van der Waals surface area (Å²) in [5.41, 5.74) is 1.87. The van der Waals surface area contributed by atoms with E-state index in [-0.39, 0.29) is 24.8 Å². The summed E-state index contributed by atoms with van der Waals surface area (Å²) in [6.45, 7) is -0.0723. The van der Waals surface area contributed by atoms with Crippen LogP contribution in [0.1, 0.15) is 17.9 Å². The van der Waals surface area contributed by atoms with Crippen molar-refractivity contribution in [2.24, 2.45) is 0 Å². The lowest BCUT2D eigenvalue weighted by Gasteiger charge is -2.24. The summed E-state index contributed by atoms with van der Waals surface area (Å²) in [4.78, 5) is 36.4. The Bertz CT molecular complexity index is 1050. The van der Waals surface area contributed by atoms with Crippen molar-refractivity contribution in [1.82, 2.24) is 5.32 Å². The van der Waals surface area contributed by atoms with Gasteiger partial charge in [-0.15, -0.1) is 0 Å². The van der Waals surface area contributed by atoms with E-state index in [9.17, 15) is 18.8 Å². The SMILES string of the molecule is O=C1C[C@@H](c2ccc(F)cc2)C(C(=O)Nc2cc3c(cc2Br)OCC(=O)N3)=CN1. The Morgan fingerprint density at radius 3 is 2.69 bits per heavy atom. The van der Waals surface area contributed by atoms with Gasteiger partial charge in [0.15, 0.2) is 6.61 Å². The predicted octanol–water partition coefficient (Wildman–Crippen LogP) is 3.05. The maximum absolute atomic E-state index is 13.3. The molecule has 7 nitrogen and oxygen atoms in total. The molecule has 0 fully saturated rings. The number of fused-ring (bicyclic) bond motifs is 1. The van der Waals surface area contributed by atoms with Crippen LogP contribution in [-0.4, -0.2) is 24.3 Å². The topological polar surface area (TPSA) is 96.5 Å². The van der Waals surface area contributed by atoms with Gasteiger partial charge in [0.1, 0.15) is 11.6 Å². The van der Waals surface area contributed by atoms with E-state index in [1.54, 1.807) is 24.3 Å². The highest BCUT2D eigenvalue weighted by atomic mass is 79.9. The van der Waals surface area contributed by atoms with Crippen LogP contribution < -0.4 is 20.7 Å². The largest absolute Gasteiger partial charge is 0.482 e. The number of benzene rings is 2. The fraction of sp³-hybridized carbons (Fsp3) is 0.150. The third-order valence-corrected chi connectivity index (χ3v) is 5.29. The Morgan fingerprint density at radius 2 is 1.93 bits per heavy atom. The van der Waals surface area contributed by atoms with Crippen molar-refractivity contribution < 1.29 is 23.5 Å². The summed E-state index contributed by atoms with van der Waals surface area (Å²) in [6, 6.07) is 8.94. The molecule has 4 rings (SSSR count). The van der Waals surface area contributed by atoms with E-state index in [0.717, 1.165) is 0 Å². The van der Waals surface area contributed by atoms with E-state index >= 15 is 0 Å². The van der Waals surface area contributed by atoms with Crippen molar-refractivity contribution in [2.75, 3.05) is 17.2 Å². The zero-order valence-corrected chi connectivity index (χ0v) is 16.5. The number of carbonyl (C=O) groups is 3. The van der Waals surface area contributed by atoms with Crippen LogP contribution in [0.4, 0.5) is 15.8 Å². The molecule has 0 bridgehead atoms. The zero-order chi connectivity index (χ0) is 20.5. The van der Waals surface area contributed by atoms with Crippen molar-refractivity contribution in [1.29, 1.82) is 0 Å². The van der Waals surface area contributed by atoms with Gasteiger partial charge < -0.3 is 20.7 Å². The molecule has 3 amide bonds. The quantitative estimate of drug-likeness (QED) is 0.656. The van der Waals surface area contributed by atoms with Gasteiger partial charge in [0.05, 0.1) is 11.4 Å². The summed E-state index contributed by atoms with van der Waals surface area (Å²) in [6.07, 6.45) is 1.44. The molecule has 0 saturated carbocycles. The summed E-state index contributed by atoms with van der Waals surface area (Å²) in [7, 11) is 0. The first kappa shape index (κ1) is 19.1. The average Bonchev–Trinajstić information content (AvgIpc) is 2.69. The molecule has 2 heterocycles. The summed E-state index contributed by atoms with van der Waals surface area (Å²) in [5.74, 6) is -1.36. The first-order valence-electron chi connectivity index (χ1n) is 8.73. The van der Waals surface area contributed by atoms with E-state index < -0.39 is 17.6 Å². The maximum atomic E-state index is 13.3. The average molecular weight is 460 g/mol. The summed E-state index contributed by atoms with van der Waals surface area (Å²) < 4.78 is 19.2. The summed E-state index contributed by atoms with van der Waals surface area (Å²) >= 11 is 3.38. The number of carbonyl (C=O) groups excluding carboxylic acids is 3. The van der Waals surface area contributed by atoms with Gasteiger partial charge in [-0.25, -0.2) is 4.39 Å². The van der Waals surface area contributed by atoms with E-state index in [4.69, 9.17) is 4.74 Å². The van der Waals surface area contributed by atoms with Gasteiger partial charge in [0.2, 0.25) is 5.91 Å². The van der Waals surface area contributed by atoms with Gasteiger partial charge in [-0.05, 0) is 45.8 Å². The van der Waals surface area contributed by atoms with Crippen molar-refractivity contribution in [3.05, 3.63) is 64.0 Å². The zero-order valence-electron chi connectivity index (χ0n) is 14.9. The van der Waals surface area contributed by atoms with E-state index in [0.29, 0.717) is 32.7 Å². The van der Waals surface area contributed by atoms with Crippen LogP contribution >= 0.6 is 15.9 Å². The number of hydrogen-bond acceptors (Lipinski definition) is 4. The van der Waals surface area contributed by atoms with Crippen molar-refractivity contribution in [3.8, 4) is 5.75 Å². The second-order valence-electron chi connectivity index (χ2n) is 6.59. The monoisotopic (exact) mass is 459 g/mol. The fourth-order valence-corrected chi connectivity index (χ4v) is 3.64. The Labute approximate surface area is 173 Å². The molecule has 0 saturated heterocycles. The van der Waals surface area contributed by atoms with Gasteiger partial charge in [0.25, 0.3) is 11.8 Å². The summed E-state index contributed by atoms with van der Waals surface area (Å²) in [5, 5.41) is 8.02. The molecule has 2 aromatic carbocycles. The minimum absolute atomic E-state index is 0.0696. The molecular weight excluding hydrogens is 445 g/mol. The molecule has 0 aliphatic carbocycles. The third kappa shape index (κ3) is 4.00. The molecule has 9 heteroatoms. The molecule has 0 radical (unpaired) electrons. The molecule has 2 aliphatic heterocycles. The smallest absolute Gasteiger partial charge is 0.262 e. The molecule has 2 aromatic rings. The highest BCUT2D eigenvalue weighted by molar-refractivity contribution is 9.10. The van der Waals surface area contributed by atoms with Crippen LogP contribution in [-0.2, 0) is 14.4 Å². The standard InChI is InChI=1S/C20H15BrFN3O4/c21-14-6-17-16(24-19(27)9-29-17)7-15(14)25-20(28)13-8-23-18(26)5-12(13)10-1-3-11(22)4-2-10/h1-4,6-8,12H,5,9H2,(H,23,26)(H,24,27)(H,25,28)/t12-/m0/s1. The fourth-order valence-electron chi connectivity index (χ4n) is 3.22. The normalized spacial score (nSPS) is 18.0. The third-order valence-electron chi connectivity index (χ3n) is 4.64. The molecular formula is C20H15BrFN3O4. The molecule has 3 N–H and O–H groups in total. The number of rotatable bonds is 3. The van der Waals surface area contributed by atoms with Crippen molar-refractivity contribution in [3.63, 3.8) is 0 Å². The van der Waals surface area contributed by atoms with Gasteiger partial charge in [-0.3, -0.25) is 14.4 Å². The maximum Gasteiger partial charge on any atom is 0.262 e. The molecule has 0 spiro atoms. The highest BCUT2D eigenvalue weighted by Crippen LogP contribution is 2.37. The first-order valence-corrected chi connectivity index (χ1v) is 9.52. The molecule has 2 aliphatic rings. The predicted molar refractivity (Wildman–Crippen MR) is 107 cm³/mol. The van der Waals surface area contributed by atoms with E-state index in [1.807, 2.05) is 0 Å². The lowest BCUT2D eigenvalue weighted by Crippen LogP contribution is -2.32. The van der Waals surface area contributed by atoms with Gasteiger partial charge in [-0.2, -0.15) is 0 Å². The van der Waals surface area contributed by atoms with Crippen LogP contribution in [0.5, 0.6) is 5.75 Å². The number of nitrogens with one attached hydrogen (secondary N) is 3. The van der Waals surface area contributed by atoms with E-state index in [1.165, 1.54) is 18.3 Å². The second kappa shape index (κ2) is 7.67. The number of halogens is 2. The number of amides is 3. The van der Waals surface area contributed by atoms with Crippen LogP contribution in [0, 0.1) is 5.82 Å². The Hall–Kier alpha value is -3.20. The molecule has 148 valence electrons. The van der Waals surface area contributed by atoms with Crippen LogP contribution in [0.15, 0.2) is 52.6 Å². The highest BCUT2D eigenvalue weighted by Gasteiger charge is 2.29. The van der Waals surface area contributed by atoms with E-state index in [2.05, 4.69) is 31.9 Å². The van der Waals surface area contributed by atoms with Gasteiger partial charge in [0, 0.05) is 28.6 Å². The first-order chi connectivity index (χ1) is 13.9. The minimum Gasteiger partial charge on any atom is -0.482 e. The molecule has 0 unspecified atom stereocenters.